The zero-order chi connectivity index (χ0) is 11.5. The summed E-state index contributed by atoms with van der Waals surface area (Å²) in [6.45, 7) is 1.99. The monoisotopic (exact) mass is 216 g/mol. The van der Waals surface area contributed by atoms with Crippen LogP contribution in [0.1, 0.15) is 31.7 Å². The number of hydrogen-bond acceptors (Lipinski definition) is 2. The Balaban J connectivity index is 2.23. The average Bonchev–Trinajstić information content (AvgIpc) is 2.28. The lowest BCUT2D eigenvalue weighted by atomic mass is 9.84. The number of phenolic OH excluding ortho intramolecular Hbond substituents is 1. The van der Waals surface area contributed by atoms with Crippen LogP contribution in [-0.2, 0) is 4.79 Å². The van der Waals surface area contributed by atoms with E-state index in [-0.39, 0.29) is 17.5 Å². The van der Waals surface area contributed by atoms with Gasteiger partial charge in [0.2, 0.25) is 0 Å². The Hall–Kier alpha value is -1.57. The molecule has 2 nitrogen and oxygen atoms in total. The number of ketones is 1. The first-order chi connectivity index (χ1) is 7.66. The van der Waals surface area contributed by atoms with E-state index in [1.807, 2.05) is 25.1 Å². The fourth-order valence-corrected chi connectivity index (χ4v) is 2.08. The Kier molecular flexibility index (Phi) is 3.09. The van der Waals surface area contributed by atoms with Gasteiger partial charge in [-0.15, -0.1) is 0 Å². The van der Waals surface area contributed by atoms with Gasteiger partial charge in [0, 0.05) is 5.92 Å². The molecule has 0 spiro atoms. The van der Waals surface area contributed by atoms with Crippen molar-refractivity contribution >= 4 is 11.9 Å². The number of allylic oxidation sites excluding steroid dienone is 1. The van der Waals surface area contributed by atoms with Gasteiger partial charge in [-0.1, -0.05) is 19.1 Å². The van der Waals surface area contributed by atoms with Crippen LogP contribution >= 0.6 is 0 Å². The van der Waals surface area contributed by atoms with Gasteiger partial charge < -0.3 is 5.11 Å². The molecule has 1 aromatic rings. The van der Waals surface area contributed by atoms with E-state index in [9.17, 15) is 4.79 Å². The zero-order valence-corrected chi connectivity index (χ0v) is 9.44. The molecule has 1 atom stereocenters. The lowest BCUT2D eigenvalue weighted by Crippen LogP contribution is -2.18. The molecule has 2 rings (SSSR count). The minimum Gasteiger partial charge on any atom is -0.508 e. The first-order valence-electron chi connectivity index (χ1n) is 5.70. The van der Waals surface area contributed by atoms with Gasteiger partial charge in [-0.05, 0) is 48.6 Å². The first-order valence-corrected chi connectivity index (χ1v) is 5.70. The van der Waals surface area contributed by atoms with Crippen LogP contribution in [0.2, 0.25) is 0 Å². The van der Waals surface area contributed by atoms with Gasteiger partial charge in [0.15, 0.2) is 5.78 Å². The molecule has 1 saturated carbocycles. The van der Waals surface area contributed by atoms with Gasteiger partial charge in [-0.2, -0.15) is 0 Å². The van der Waals surface area contributed by atoms with E-state index in [4.69, 9.17) is 5.11 Å². The van der Waals surface area contributed by atoms with E-state index in [2.05, 4.69) is 0 Å². The molecule has 2 heteroatoms. The van der Waals surface area contributed by atoms with Crippen LogP contribution in [0.5, 0.6) is 5.75 Å². The fourth-order valence-electron chi connectivity index (χ4n) is 2.08. The highest BCUT2D eigenvalue weighted by molar-refractivity contribution is 6.01. The topological polar surface area (TPSA) is 37.3 Å². The summed E-state index contributed by atoms with van der Waals surface area (Å²) in [5.41, 5.74) is 1.90. The maximum atomic E-state index is 11.9. The molecule has 1 aliphatic rings. The second kappa shape index (κ2) is 4.52. The van der Waals surface area contributed by atoms with Crippen LogP contribution < -0.4 is 0 Å². The summed E-state index contributed by atoms with van der Waals surface area (Å²) >= 11 is 0. The second-order valence-corrected chi connectivity index (χ2v) is 4.42. The molecule has 16 heavy (non-hydrogen) atoms. The lowest BCUT2D eigenvalue weighted by molar-refractivity contribution is -0.119. The van der Waals surface area contributed by atoms with Crippen LogP contribution in [0.4, 0.5) is 0 Å². The maximum absolute atomic E-state index is 11.9. The number of benzene rings is 1. The van der Waals surface area contributed by atoms with Crippen molar-refractivity contribution in [1.29, 1.82) is 0 Å². The molecule has 1 aromatic carbocycles. The predicted octanol–water partition coefficient (Wildman–Crippen LogP) is 3.16. The number of aromatic hydroxyl groups is 1. The number of carbonyl (C=O) groups is 1. The highest BCUT2D eigenvalue weighted by atomic mass is 16.3. The van der Waals surface area contributed by atoms with E-state index in [0.717, 1.165) is 30.4 Å². The molecule has 0 amide bonds. The summed E-state index contributed by atoms with van der Waals surface area (Å²) in [5.74, 6) is 0.696. The highest BCUT2D eigenvalue weighted by Crippen LogP contribution is 2.26. The van der Waals surface area contributed by atoms with Gasteiger partial charge in [-0.3, -0.25) is 4.79 Å². The predicted molar refractivity (Wildman–Crippen MR) is 64.1 cm³/mol. The minimum absolute atomic E-state index is 0.164. The van der Waals surface area contributed by atoms with Crippen molar-refractivity contribution in [1.82, 2.24) is 0 Å². The van der Waals surface area contributed by atoms with E-state index in [0.29, 0.717) is 0 Å². The van der Waals surface area contributed by atoms with Crippen molar-refractivity contribution in [3.05, 3.63) is 35.4 Å². The van der Waals surface area contributed by atoms with Gasteiger partial charge in [0.25, 0.3) is 0 Å². The van der Waals surface area contributed by atoms with E-state index in [1.165, 1.54) is 0 Å². The van der Waals surface area contributed by atoms with Crippen molar-refractivity contribution in [2.24, 2.45) is 5.92 Å². The Morgan fingerprint density at radius 1 is 1.31 bits per heavy atom. The number of carbonyl (C=O) groups excluding carboxylic acids is 1. The Bertz CT molecular complexity index is 415. The molecule has 0 radical (unpaired) electrons. The average molecular weight is 216 g/mol. The summed E-state index contributed by atoms with van der Waals surface area (Å²) in [4.78, 5) is 11.9. The molecule has 1 N–H and O–H groups in total. The third-order valence-corrected chi connectivity index (χ3v) is 3.08. The largest absolute Gasteiger partial charge is 0.508 e. The van der Waals surface area contributed by atoms with Crippen LogP contribution in [-0.4, -0.2) is 10.9 Å². The summed E-state index contributed by atoms with van der Waals surface area (Å²) in [7, 11) is 0. The van der Waals surface area contributed by atoms with Crippen molar-refractivity contribution in [3.63, 3.8) is 0 Å². The fraction of sp³-hybridized carbons (Fsp3) is 0.357. The van der Waals surface area contributed by atoms with Gasteiger partial charge >= 0.3 is 0 Å². The van der Waals surface area contributed by atoms with Gasteiger partial charge in [0.1, 0.15) is 5.75 Å². The smallest absolute Gasteiger partial charge is 0.161 e. The molecular weight excluding hydrogens is 200 g/mol. The third kappa shape index (κ3) is 2.32. The molecule has 0 saturated heterocycles. The Labute approximate surface area is 95.6 Å². The zero-order valence-electron chi connectivity index (χ0n) is 9.44. The minimum atomic E-state index is 0.164. The van der Waals surface area contributed by atoms with Crippen LogP contribution in [0.25, 0.3) is 6.08 Å². The summed E-state index contributed by atoms with van der Waals surface area (Å²) in [6, 6.07) is 6.94. The van der Waals surface area contributed by atoms with E-state index in [1.54, 1.807) is 12.1 Å². The second-order valence-electron chi connectivity index (χ2n) is 4.42. The number of hydrogen-bond donors (Lipinski definition) is 1. The van der Waals surface area contributed by atoms with Crippen LogP contribution in [0, 0.1) is 5.92 Å². The number of phenols is 1. The van der Waals surface area contributed by atoms with Crippen molar-refractivity contribution in [2.75, 3.05) is 0 Å². The van der Waals surface area contributed by atoms with Gasteiger partial charge in [-0.25, -0.2) is 0 Å². The van der Waals surface area contributed by atoms with Crippen molar-refractivity contribution in [2.45, 2.75) is 26.2 Å². The molecule has 0 bridgehead atoms. The van der Waals surface area contributed by atoms with Crippen molar-refractivity contribution in [3.8, 4) is 5.75 Å². The number of Topliss-reactive ketones (excluding diaryl/α,β-unsaturated/α-hetero) is 1. The summed E-state index contributed by atoms with van der Waals surface area (Å²) in [6.07, 6.45) is 4.92. The van der Waals surface area contributed by atoms with Gasteiger partial charge in [0.05, 0.1) is 0 Å². The molecule has 0 unspecified atom stereocenters. The lowest BCUT2D eigenvalue weighted by Gasteiger charge is -2.19. The Morgan fingerprint density at radius 2 is 2.00 bits per heavy atom. The molecule has 0 aliphatic heterocycles. The number of rotatable bonds is 1. The quantitative estimate of drug-likeness (QED) is 0.732. The normalized spacial score (nSPS) is 23.7. The summed E-state index contributed by atoms with van der Waals surface area (Å²) < 4.78 is 0. The molecular formula is C14H16O2. The van der Waals surface area contributed by atoms with Crippen LogP contribution in [0.3, 0.4) is 0 Å². The highest BCUT2D eigenvalue weighted by Gasteiger charge is 2.22. The molecule has 0 heterocycles. The third-order valence-electron chi connectivity index (χ3n) is 3.08. The molecule has 0 aromatic heterocycles. The molecule has 84 valence electrons. The molecule has 1 fully saturated rings. The SMILES string of the molecule is C[C@@H]1CCC/C(=C/c2ccc(O)cc2)C1=O. The maximum Gasteiger partial charge on any atom is 0.161 e. The molecule has 1 aliphatic carbocycles. The first kappa shape index (κ1) is 10.9. The van der Waals surface area contributed by atoms with E-state index < -0.39 is 0 Å². The van der Waals surface area contributed by atoms with Crippen LogP contribution in [0.15, 0.2) is 29.8 Å². The van der Waals surface area contributed by atoms with Crippen molar-refractivity contribution < 1.29 is 9.90 Å². The standard InChI is InChI=1S/C14H16O2/c1-10-3-2-4-12(14(10)16)9-11-5-7-13(15)8-6-11/h5-10,15H,2-4H2,1H3/b12-9-/t10-/m1/s1. The Morgan fingerprint density at radius 3 is 2.69 bits per heavy atom. The summed E-state index contributed by atoms with van der Waals surface area (Å²) in [5, 5.41) is 9.17. The van der Waals surface area contributed by atoms with E-state index >= 15 is 0 Å².